The molecule has 2 aromatic rings. The Bertz CT molecular complexity index is 1220. The van der Waals surface area contributed by atoms with Crippen LogP contribution in [0.4, 0.5) is 0 Å². The van der Waals surface area contributed by atoms with Crippen LogP contribution in [0.2, 0.25) is 0 Å². The van der Waals surface area contributed by atoms with Crippen molar-refractivity contribution in [2.24, 2.45) is 11.7 Å². The van der Waals surface area contributed by atoms with Gasteiger partial charge in [-0.2, -0.15) is 0 Å². The van der Waals surface area contributed by atoms with E-state index in [0.29, 0.717) is 49.8 Å². The van der Waals surface area contributed by atoms with E-state index in [4.69, 9.17) is 24.7 Å². The first-order valence-electron chi connectivity index (χ1n) is 15.5. The van der Waals surface area contributed by atoms with Crippen molar-refractivity contribution in [1.82, 2.24) is 9.80 Å². The molecule has 1 amide bonds. The van der Waals surface area contributed by atoms with E-state index in [1.807, 2.05) is 41.3 Å². The van der Waals surface area contributed by atoms with Crippen LogP contribution in [0.1, 0.15) is 62.5 Å². The normalized spacial score (nSPS) is 19.4. The summed E-state index contributed by atoms with van der Waals surface area (Å²) in [6.45, 7) is 4.76. The number of hydrogen-bond acceptors (Lipinski definition) is 8. The minimum Gasteiger partial charge on any atom is -0.496 e. The average molecular weight is 598 g/mol. The lowest BCUT2D eigenvalue weighted by Crippen LogP contribution is -2.44. The molecule has 10 heteroatoms. The number of ether oxygens (including phenoxy) is 4. The van der Waals surface area contributed by atoms with Crippen molar-refractivity contribution in [2.45, 2.75) is 63.8 Å². The van der Waals surface area contributed by atoms with Gasteiger partial charge in [0.2, 0.25) is 18.4 Å². The summed E-state index contributed by atoms with van der Waals surface area (Å²) in [4.78, 5) is 30.7. The standard InChI is InChI=1S/C33H47N3O7/c1-4-5-16-35(17-9-8-15-34)30(37)21-36-20-25(24-18-28(41-3)32-29(19-24)42-22-43-32)31(33(38)39)26(36)13-10-12-23-11-6-7-14-27(23)40-2/h6-7,11,14,18-19,25-26,31H,4-5,8-10,12-13,15-17,20-22,34H2,1-3H3,(H,38,39)/t25-,26+,31-/m1/s1. The molecule has 2 aromatic carbocycles. The maximum Gasteiger partial charge on any atom is 0.308 e. The number of amides is 1. The van der Waals surface area contributed by atoms with Crippen LogP contribution in [0.5, 0.6) is 23.0 Å². The van der Waals surface area contributed by atoms with Crippen LogP contribution in [0.15, 0.2) is 36.4 Å². The van der Waals surface area contributed by atoms with Crippen LogP contribution < -0.4 is 24.7 Å². The van der Waals surface area contributed by atoms with Crippen LogP contribution in [-0.4, -0.2) is 86.6 Å². The van der Waals surface area contributed by atoms with Crippen molar-refractivity contribution in [3.8, 4) is 23.0 Å². The summed E-state index contributed by atoms with van der Waals surface area (Å²) in [5, 5.41) is 10.6. The summed E-state index contributed by atoms with van der Waals surface area (Å²) in [7, 11) is 3.22. The molecule has 0 radical (unpaired) electrons. The zero-order valence-corrected chi connectivity index (χ0v) is 25.8. The smallest absolute Gasteiger partial charge is 0.308 e. The van der Waals surface area contributed by atoms with Gasteiger partial charge in [0.05, 0.1) is 26.7 Å². The number of hydrogen-bond donors (Lipinski definition) is 2. The van der Waals surface area contributed by atoms with Gasteiger partial charge in [-0.25, -0.2) is 0 Å². The Kier molecular flexibility index (Phi) is 11.9. The second-order valence-corrected chi connectivity index (χ2v) is 11.4. The Hall–Kier alpha value is -3.50. The zero-order valence-electron chi connectivity index (χ0n) is 25.8. The fourth-order valence-corrected chi connectivity index (χ4v) is 6.40. The Morgan fingerprint density at radius 1 is 1.05 bits per heavy atom. The third kappa shape index (κ3) is 7.92. The van der Waals surface area contributed by atoms with Crippen LogP contribution in [0.25, 0.3) is 0 Å². The van der Waals surface area contributed by atoms with Crippen LogP contribution in [-0.2, 0) is 16.0 Å². The molecule has 1 saturated heterocycles. The Balaban J connectivity index is 1.61. The molecule has 1 fully saturated rings. The first-order valence-corrected chi connectivity index (χ1v) is 15.5. The van der Waals surface area contributed by atoms with Gasteiger partial charge in [-0.3, -0.25) is 14.5 Å². The third-order valence-electron chi connectivity index (χ3n) is 8.64. The lowest BCUT2D eigenvalue weighted by Gasteiger charge is -2.30. The second-order valence-electron chi connectivity index (χ2n) is 11.4. The fraction of sp³-hybridized carbons (Fsp3) is 0.576. The lowest BCUT2D eigenvalue weighted by atomic mass is 9.83. The van der Waals surface area contributed by atoms with Gasteiger partial charge in [0.15, 0.2) is 11.5 Å². The van der Waals surface area contributed by atoms with Gasteiger partial charge in [-0.1, -0.05) is 31.5 Å². The number of para-hydroxylation sites is 1. The molecule has 10 nitrogen and oxygen atoms in total. The van der Waals surface area contributed by atoms with E-state index in [2.05, 4.69) is 11.8 Å². The van der Waals surface area contributed by atoms with E-state index in [9.17, 15) is 14.7 Å². The summed E-state index contributed by atoms with van der Waals surface area (Å²) >= 11 is 0. The molecule has 0 aliphatic carbocycles. The number of likely N-dealkylation sites (tertiary alicyclic amines) is 1. The van der Waals surface area contributed by atoms with E-state index in [1.165, 1.54) is 0 Å². The zero-order chi connectivity index (χ0) is 30.8. The Labute approximate surface area is 255 Å². The van der Waals surface area contributed by atoms with Gasteiger partial charge in [0, 0.05) is 31.6 Å². The average Bonchev–Trinajstić information content (AvgIpc) is 3.63. The molecule has 43 heavy (non-hydrogen) atoms. The lowest BCUT2D eigenvalue weighted by molar-refractivity contribution is -0.143. The molecule has 3 atom stereocenters. The predicted octanol–water partition coefficient (Wildman–Crippen LogP) is 4.29. The number of unbranched alkanes of at least 4 members (excludes halogenated alkanes) is 2. The molecule has 0 bridgehead atoms. The summed E-state index contributed by atoms with van der Waals surface area (Å²) in [6.07, 6.45) is 5.76. The van der Waals surface area contributed by atoms with Gasteiger partial charge in [0.25, 0.3) is 0 Å². The Morgan fingerprint density at radius 2 is 1.81 bits per heavy atom. The molecule has 2 heterocycles. The van der Waals surface area contributed by atoms with Crippen LogP contribution in [0, 0.1) is 5.92 Å². The second kappa shape index (κ2) is 15.8. The number of carboxylic acid groups (broad SMARTS) is 1. The topological polar surface area (TPSA) is 124 Å². The molecule has 3 N–H and O–H groups in total. The summed E-state index contributed by atoms with van der Waals surface area (Å²) in [5.41, 5.74) is 7.61. The number of aliphatic carboxylic acids is 1. The van der Waals surface area contributed by atoms with E-state index < -0.39 is 11.9 Å². The largest absolute Gasteiger partial charge is 0.496 e. The highest BCUT2D eigenvalue weighted by atomic mass is 16.7. The van der Waals surface area contributed by atoms with E-state index in [-0.39, 0.29) is 31.2 Å². The number of carbonyl (C=O) groups excluding carboxylic acids is 1. The minimum absolute atomic E-state index is 0.0354. The van der Waals surface area contributed by atoms with E-state index in [0.717, 1.165) is 55.4 Å². The molecule has 0 spiro atoms. The van der Waals surface area contributed by atoms with E-state index >= 15 is 0 Å². The maximum absolute atomic E-state index is 13.7. The van der Waals surface area contributed by atoms with Gasteiger partial charge >= 0.3 is 5.97 Å². The Morgan fingerprint density at radius 3 is 2.53 bits per heavy atom. The van der Waals surface area contributed by atoms with Crippen molar-refractivity contribution in [3.63, 3.8) is 0 Å². The van der Waals surface area contributed by atoms with Crippen LogP contribution in [0.3, 0.4) is 0 Å². The molecule has 4 rings (SSSR count). The summed E-state index contributed by atoms with van der Waals surface area (Å²) in [6, 6.07) is 11.3. The predicted molar refractivity (Wildman–Crippen MR) is 164 cm³/mol. The number of rotatable bonds is 17. The van der Waals surface area contributed by atoms with Gasteiger partial charge in [0.1, 0.15) is 5.75 Å². The molecule has 0 aromatic heterocycles. The van der Waals surface area contributed by atoms with Crippen molar-refractivity contribution >= 4 is 11.9 Å². The number of aryl methyl sites for hydroxylation is 1. The highest BCUT2D eigenvalue weighted by Crippen LogP contribution is 2.47. The number of carbonyl (C=O) groups is 2. The monoisotopic (exact) mass is 597 g/mol. The molecule has 2 aliphatic heterocycles. The minimum atomic E-state index is -0.871. The highest BCUT2D eigenvalue weighted by molar-refractivity contribution is 5.79. The van der Waals surface area contributed by atoms with Crippen molar-refractivity contribution in [1.29, 1.82) is 0 Å². The van der Waals surface area contributed by atoms with Crippen molar-refractivity contribution in [2.75, 3.05) is 53.7 Å². The number of methoxy groups -OCH3 is 2. The van der Waals surface area contributed by atoms with Crippen molar-refractivity contribution < 1.29 is 33.6 Å². The maximum atomic E-state index is 13.7. The quantitative estimate of drug-likeness (QED) is 0.257. The molecule has 0 unspecified atom stereocenters. The summed E-state index contributed by atoms with van der Waals surface area (Å²) in [5.74, 6) is 0.514. The van der Waals surface area contributed by atoms with Gasteiger partial charge in [-0.05, 0) is 74.4 Å². The molecular formula is C33H47N3O7. The molecule has 0 saturated carbocycles. The first-order chi connectivity index (χ1) is 20.9. The number of benzene rings is 2. The fourth-order valence-electron chi connectivity index (χ4n) is 6.40. The first kappa shape index (κ1) is 32.4. The number of carboxylic acids is 1. The third-order valence-corrected chi connectivity index (χ3v) is 8.64. The molecule has 2 aliphatic rings. The number of nitrogens with zero attached hydrogens (tertiary/aromatic N) is 2. The van der Waals surface area contributed by atoms with Gasteiger partial charge < -0.3 is 34.7 Å². The molecule has 236 valence electrons. The number of nitrogens with two attached hydrogens (primary N) is 1. The summed E-state index contributed by atoms with van der Waals surface area (Å²) < 4.78 is 22.4. The van der Waals surface area contributed by atoms with Crippen LogP contribution >= 0.6 is 0 Å². The van der Waals surface area contributed by atoms with Crippen molar-refractivity contribution in [3.05, 3.63) is 47.5 Å². The SMILES string of the molecule is CCCCN(CCCCN)C(=O)CN1C[C@H](c2cc(OC)c3c(c2)OCO3)[C@@H](C(=O)O)[C@@H]1CCCc1ccccc1OC. The molecular weight excluding hydrogens is 550 g/mol. The number of fused-ring (bicyclic) bond motifs is 1. The van der Waals surface area contributed by atoms with Gasteiger partial charge in [-0.15, -0.1) is 0 Å². The van der Waals surface area contributed by atoms with E-state index in [1.54, 1.807) is 14.2 Å². The highest BCUT2D eigenvalue weighted by Gasteiger charge is 2.47.